The largest absolute Gasteiger partial charge is 0.508 e. The molecule has 8 atom stereocenters. The molecule has 0 bridgehead atoms. The lowest BCUT2D eigenvalue weighted by atomic mass is 10.00. The molecule has 8 amide bonds. The van der Waals surface area contributed by atoms with Crippen LogP contribution in [0, 0.1) is 5.92 Å². The van der Waals surface area contributed by atoms with Crippen LogP contribution < -0.4 is 48.3 Å². The molecule has 0 unspecified atom stereocenters. The summed E-state index contributed by atoms with van der Waals surface area (Å²) in [4.78, 5) is 106. The van der Waals surface area contributed by atoms with Gasteiger partial charge in [-0.3, -0.25) is 38.4 Å². The van der Waals surface area contributed by atoms with Crippen molar-refractivity contribution in [1.29, 1.82) is 0 Å². The molecule has 20 heteroatoms. The van der Waals surface area contributed by atoms with Gasteiger partial charge < -0.3 is 63.6 Å². The lowest BCUT2D eigenvalue weighted by Gasteiger charge is -2.28. The minimum Gasteiger partial charge on any atom is -0.508 e. The SMILES string of the molecule is CCC[C@H](NC(=O)[C@@H]1CCCN1)C(=O)N[C@@H](CC(C)C)C(=O)N[C@@H](Cc1ccc(O)cc1)C(=O)N[C@H](CO)C(=O)N[C@@H](Cc1ccccc1)C(=O)N[C@@H](C)C(=O)N[C@H](CO)C(N)=O. The van der Waals surface area contributed by atoms with Crippen molar-refractivity contribution in [2.24, 2.45) is 11.7 Å². The van der Waals surface area contributed by atoms with E-state index in [2.05, 4.69) is 42.5 Å². The first-order valence-electron chi connectivity index (χ1n) is 21.1. The van der Waals surface area contributed by atoms with Gasteiger partial charge in [0.15, 0.2) is 0 Å². The Morgan fingerprint density at radius 1 is 0.635 bits per heavy atom. The highest BCUT2D eigenvalue weighted by Crippen LogP contribution is 2.14. The number of nitrogens with one attached hydrogen (secondary N) is 8. The van der Waals surface area contributed by atoms with Crippen LogP contribution >= 0.6 is 0 Å². The van der Waals surface area contributed by atoms with Gasteiger partial charge in [-0.25, -0.2) is 0 Å². The van der Waals surface area contributed by atoms with Crippen LogP contribution in [0.25, 0.3) is 0 Å². The number of carbonyl (C=O) groups excluding carboxylic acids is 8. The number of aromatic hydroxyl groups is 1. The molecule has 63 heavy (non-hydrogen) atoms. The summed E-state index contributed by atoms with van der Waals surface area (Å²) >= 11 is 0. The van der Waals surface area contributed by atoms with Crippen molar-refractivity contribution in [2.75, 3.05) is 19.8 Å². The molecule has 1 saturated heterocycles. The van der Waals surface area contributed by atoms with Crippen LogP contribution in [0.4, 0.5) is 0 Å². The predicted octanol–water partition coefficient (Wildman–Crippen LogP) is -2.34. The van der Waals surface area contributed by atoms with E-state index in [1.165, 1.54) is 31.2 Å². The maximum Gasteiger partial charge on any atom is 0.245 e. The Bertz CT molecular complexity index is 1860. The fourth-order valence-electron chi connectivity index (χ4n) is 6.74. The van der Waals surface area contributed by atoms with Gasteiger partial charge in [-0.2, -0.15) is 0 Å². The van der Waals surface area contributed by atoms with Crippen LogP contribution in [0.2, 0.25) is 0 Å². The highest BCUT2D eigenvalue weighted by Gasteiger charge is 2.34. The van der Waals surface area contributed by atoms with E-state index in [4.69, 9.17) is 5.73 Å². The number of aliphatic hydroxyl groups excluding tert-OH is 2. The molecule has 1 fully saturated rings. The van der Waals surface area contributed by atoms with Crippen molar-refractivity contribution >= 4 is 47.3 Å². The van der Waals surface area contributed by atoms with Crippen molar-refractivity contribution in [3.63, 3.8) is 0 Å². The lowest BCUT2D eigenvalue weighted by Crippen LogP contribution is -2.61. The molecule has 3 rings (SSSR count). The summed E-state index contributed by atoms with van der Waals surface area (Å²) in [5, 5.41) is 50.6. The van der Waals surface area contributed by atoms with Gasteiger partial charge in [0.05, 0.1) is 19.3 Å². The number of amides is 8. The van der Waals surface area contributed by atoms with Gasteiger partial charge in [-0.05, 0) is 68.3 Å². The third-order valence-electron chi connectivity index (χ3n) is 10.3. The molecular weight excluding hydrogens is 819 g/mol. The number of nitrogens with two attached hydrogens (primary N) is 1. The van der Waals surface area contributed by atoms with E-state index >= 15 is 0 Å². The van der Waals surface area contributed by atoms with Crippen molar-refractivity contribution in [3.05, 3.63) is 65.7 Å². The molecule has 0 aliphatic carbocycles. The maximum atomic E-state index is 14.0. The Kier molecular flexibility index (Phi) is 20.9. The molecule has 0 saturated carbocycles. The number of phenolic OH excluding ortho intramolecular Hbond substituents is 1. The third kappa shape index (κ3) is 16.9. The van der Waals surface area contributed by atoms with Gasteiger partial charge in [-0.1, -0.05) is 69.7 Å². The molecule has 346 valence electrons. The zero-order valence-electron chi connectivity index (χ0n) is 36.1. The molecule has 0 aromatic heterocycles. The first-order valence-corrected chi connectivity index (χ1v) is 21.1. The van der Waals surface area contributed by atoms with Gasteiger partial charge in [0, 0.05) is 12.8 Å². The zero-order valence-corrected chi connectivity index (χ0v) is 36.1. The zero-order chi connectivity index (χ0) is 46.6. The number of aliphatic hydroxyl groups is 2. The van der Waals surface area contributed by atoms with Crippen LogP contribution in [0.3, 0.4) is 0 Å². The number of hydrogen-bond donors (Lipinski definition) is 12. The van der Waals surface area contributed by atoms with Gasteiger partial charge in [0.25, 0.3) is 0 Å². The molecule has 1 heterocycles. The second kappa shape index (κ2) is 25.7. The average molecular weight is 882 g/mol. The van der Waals surface area contributed by atoms with E-state index in [1.54, 1.807) is 30.3 Å². The molecule has 0 radical (unpaired) electrons. The molecular formula is C43H63N9O11. The Balaban J connectivity index is 1.83. The van der Waals surface area contributed by atoms with Crippen LogP contribution in [0.15, 0.2) is 54.6 Å². The summed E-state index contributed by atoms with van der Waals surface area (Å²) in [5.74, 6) is -6.41. The summed E-state index contributed by atoms with van der Waals surface area (Å²) in [6.07, 6.45) is 2.22. The van der Waals surface area contributed by atoms with E-state index in [0.717, 1.165) is 6.42 Å². The number of carbonyl (C=O) groups is 8. The van der Waals surface area contributed by atoms with Crippen molar-refractivity contribution in [3.8, 4) is 5.75 Å². The van der Waals surface area contributed by atoms with E-state index in [0.29, 0.717) is 36.9 Å². The summed E-state index contributed by atoms with van der Waals surface area (Å²) in [6, 6.07) is 4.69. The first-order chi connectivity index (χ1) is 29.9. The third-order valence-corrected chi connectivity index (χ3v) is 10.3. The van der Waals surface area contributed by atoms with Gasteiger partial charge in [-0.15, -0.1) is 0 Å². The minimum absolute atomic E-state index is 0.0536. The monoisotopic (exact) mass is 881 g/mol. The molecule has 1 aliphatic rings. The van der Waals surface area contributed by atoms with Crippen molar-refractivity contribution in [1.82, 2.24) is 42.5 Å². The summed E-state index contributed by atoms with van der Waals surface area (Å²) in [6.45, 7) is 5.79. The Morgan fingerprint density at radius 3 is 1.65 bits per heavy atom. The number of rotatable bonds is 25. The maximum absolute atomic E-state index is 14.0. The summed E-state index contributed by atoms with van der Waals surface area (Å²) in [7, 11) is 0. The number of benzene rings is 2. The molecule has 0 spiro atoms. The van der Waals surface area contributed by atoms with Gasteiger partial charge in [0.2, 0.25) is 47.3 Å². The van der Waals surface area contributed by atoms with Gasteiger partial charge >= 0.3 is 0 Å². The van der Waals surface area contributed by atoms with Crippen LogP contribution in [0.5, 0.6) is 5.75 Å². The standard InChI is InChI=1S/C43H63N9O11/c1-5-10-30(47-38(58)29-13-9-18-45-29)39(59)48-31(19-24(2)3)41(61)49-33(21-27-14-16-28(55)17-15-27)42(62)52-35(23-54)43(63)50-32(20-26-11-7-6-8-12-26)40(60)46-25(4)37(57)51-34(22-53)36(44)56/h6-8,11-12,14-17,24-25,29-35,45,53-55H,5,9-10,13,18-23H2,1-4H3,(H2,44,56)(H,46,60)(H,47,58)(H,48,59)(H,49,61)(H,50,63)(H,51,57)(H,52,62)/t25-,29-,30-,31-,32-,33-,34+,35+/m0/s1. The van der Waals surface area contributed by atoms with Crippen molar-refractivity contribution < 1.29 is 53.7 Å². The van der Waals surface area contributed by atoms with Crippen LogP contribution in [-0.2, 0) is 51.2 Å². The van der Waals surface area contributed by atoms with Gasteiger partial charge in [0.1, 0.15) is 48.0 Å². The van der Waals surface area contributed by atoms with E-state index in [9.17, 15) is 53.7 Å². The van der Waals surface area contributed by atoms with E-state index in [1.807, 2.05) is 20.8 Å². The summed E-state index contributed by atoms with van der Waals surface area (Å²) < 4.78 is 0. The molecule has 13 N–H and O–H groups in total. The minimum atomic E-state index is -1.66. The van der Waals surface area contributed by atoms with Crippen molar-refractivity contribution in [2.45, 2.75) is 121 Å². The topological polar surface area (TPSA) is 320 Å². The summed E-state index contributed by atoms with van der Waals surface area (Å²) in [5.41, 5.74) is 6.28. The Morgan fingerprint density at radius 2 is 1.13 bits per heavy atom. The average Bonchev–Trinajstić information content (AvgIpc) is 3.80. The quantitative estimate of drug-likeness (QED) is 0.0500. The highest BCUT2D eigenvalue weighted by atomic mass is 16.3. The van der Waals surface area contributed by atoms with E-state index < -0.39 is 103 Å². The first kappa shape index (κ1) is 51.2. The smallest absolute Gasteiger partial charge is 0.245 e. The Hall–Kier alpha value is -6.12. The fraction of sp³-hybridized carbons (Fsp3) is 0.535. The lowest BCUT2D eigenvalue weighted by molar-refractivity contribution is -0.136. The molecule has 20 nitrogen and oxygen atoms in total. The fourth-order valence-corrected chi connectivity index (χ4v) is 6.74. The Labute approximate surface area is 366 Å². The second-order valence-corrected chi connectivity index (χ2v) is 16.0. The number of phenols is 1. The molecule has 2 aromatic rings. The molecule has 2 aromatic carbocycles. The highest BCUT2D eigenvalue weighted by molar-refractivity contribution is 5.98. The van der Waals surface area contributed by atoms with Crippen LogP contribution in [0.1, 0.15) is 70.9 Å². The number of primary amides is 1. The predicted molar refractivity (Wildman–Crippen MR) is 230 cm³/mol. The van der Waals surface area contributed by atoms with E-state index in [-0.39, 0.29) is 36.8 Å². The normalized spacial score (nSPS) is 16.8. The number of hydrogen-bond acceptors (Lipinski definition) is 12. The second-order valence-electron chi connectivity index (χ2n) is 16.0. The van der Waals surface area contributed by atoms with Crippen LogP contribution in [-0.4, -0.2) is 131 Å². The molecule has 1 aliphatic heterocycles.